The summed E-state index contributed by atoms with van der Waals surface area (Å²) < 4.78 is 4.93. The summed E-state index contributed by atoms with van der Waals surface area (Å²) in [5, 5.41) is 7.61. The maximum atomic E-state index is 2.51. The first-order valence-corrected chi connectivity index (χ1v) is 19.9. The Labute approximate surface area is 331 Å². The van der Waals surface area contributed by atoms with Crippen LogP contribution in [0.2, 0.25) is 0 Å². The summed E-state index contributed by atoms with van der Waals surface area (Å²) in [6.07, 6.45) is 0. The predicted octanol–water partition coefficient (Wildman–Crippen LogP) is 14.7. The molecular formula is C55H38N2. The van der Waals surface area contributed by atoms with Crippen LogP contribution < -0.4 is 0 Å². The first-order chi connectivity index (χ1) is 28.0. The lowest BCUT2D eigenvalue weighted by molar-refractivity contribution is 0.661. The Hall–Kier alpha value is -7.16. The standard InChI is InChI=1S/C55H38N2/c1-55(2)48-23-13-11-21-43(48)45-33-46-44-22-12-14-24-50(44)57(53(46)34-49(45)55)41-30-38(35-15-5-3-6-16-35)29-39(31-41)37-26-27-51-47(32-37)54-42-20-10-9-17-36(42)25-28-52(54)56(51)40-18-7-4-8-19-40/h3-34H,1-2H3. The van der Waals surface area contributed by atoms with Crippen LogP contribution in [0, 0.1) is 0 Å². The zero-order valence-corrected chi connectivity index (χ0v) is 31.9. The number of rotatable bonds is 4. The lowest BCUT2D eigenvalue weighted by Crippen LogP contribution is -2.15. The van der Waals surface area contributed by atoms with Crippen LogP contribution in [0.15, 0.2) is 194 Å². The largest absolute Gasteiger partial charge is 0.309 e. The van der Waals surface area contributed by atoms with Gasteiger partial charge in [0.05, 0.1) is 22.1 Å². The van der Waals surface area contributed by atoms with Crippen LogP contribution in [-0.2, 0) is 5.41 Å². The molecule has 268 valence electrons. The average molecular weight is 727 g/mol. The van der Waals surface area contributed by atoms with Crippen LogP contribution in [0.25, 0.3) is 99.1 Å². The van der Waals surface area contributed by atoms with Crippen molar-refractivity contribution in [2.24, 2.45) is 0 Å². The summed E-state index contributed by atoms with van der Waals surface area (Å²) in [6.45, 7) is 4.75. The molecule has 57 heavy (non-hydrogen) atoms. The number of aromatic nitrogens is 2. The summed E-state index contributed by atoms with van der Waals surface area (Å²) in [5.74, 6) is 0. The maximum Gasteiger partial charge on any atom is 0.0547 e. The van der Waals surface area contributed by atoms with Crippen LogP contribution in [-0.4, -0.2) is 9.13 Å². The van der Waals surface area contributed by atoms with Gasteiger partial charge in [-0.05, 0) is 122 Å². The SMILES string of the molecule is CC1(C)c2ccccc2-c2cc3c4ccccc4n(-c4cc(-c5ccccc5)cc(-c5ccc6c(c5)c5c7ccccc7ccc5n6-c5ccccc5)c4)c3cc21. The van der Waals surface area contributed by atoms with Gasteiger partial charge in [-0.25, -0.2) is 0 Å². The zero-order valence-electron chi connectivity index (χ0n) is 31.9. The third-order valence-electron chi connectivity index (χ3n) is 12.7. The molecule has 9 aromatic carbocycles. The predicted molar refractivity (Wildman–Crippen MR) is 241 cm³/mol. The Kier molecular flexibility index (Phi) is 6.72. The molecule has 0 fully saturated rings. The molecule has 12 rings (SSSR count). The third-order valence-corrected chi connectivity index (χ3v) is 12.7. The van der Waals surface area contributed by atoms with Crippen molar-refractivity contribution in [2.75, 3.05) is 0 Å². The summed E-state index contributed by atoms with van der Waals surface area (Å²) >= 11 is 0. The van der Waals surface area contributed by atoms with Crippen LogP contribution in [0.1, 0.15) is 25.0 Å². The fraction of sp³-hybridized carbons (Fsp3) is 0.0545. The van der Waals surface area contributed by atoms with E-state index in [1.165, 1.54) is 98.9 Å². The molecule has 0 aliphatic heterocycles. The van der Waals surface area contributed by atoms with Gasteiger partial charge in [0, 0.05) is 38.3 Å². The Morgan fingerprint density at radius 3 is 1.82 bits per heavy atom. The van der Waals surface area contributed by atoms with Crippen LogP contribution in [0.5, 0.6) is 0 Å². The van der Waals surface area contributed by atoms with E-state index in [9.17, 15) is 0 Å². The highest BCUT2D eigenvalue weighted by Crippen LogP contribution is 2.51. The summed E-state index contributed by atoms with van der Waals surface area (Å²) in [4.78, 5) is 0. The number of hydrogen-bond acceptors (Lipinski definition) is 0. The Balaban J connectivity index is 1.14. The molecule has 0 atom stereocenters. The fourth-order valence-electron chi connectivity index (χ4n) is 9.97. The van der Waals surface area contributed by atoms with Crippen LogP contribution in [0.4, 0.5) is 0 Å². The number of hydrogen-bond donors (Lipinski definition) is 0. The molecule has 2 heterocycles. The highest BCUT2D eigenvalue weighted by atomic mass is 15.0. The number of para-hydroxylation sites is 2. The number of benzene rings is 9. The van der Waals surface area contributed by atoms with E-state index in [4.69, 9.17) is 0 Å². The Bertz CT molecular complexity index is 3420. The minimum Gasteiger partial charge on any atom is -0.309 e. The highest BCUT2D eigenvalue weighted by molar-refractivity contribution is 6.22. The molecule has 0 spiro atoms. The molecule has 0 saturated carbocycles. The van der Waals surface area contributed by atoms with Crippen molar-refractivity contribution in [1.82, 2.24) is 9.13 Å². The Morgan fingerprint density at radius 2 is 0.982 bits per heavy atom. The van der Waals surface area contributed by atoms with Gasteiger partial charge in [0.1, 0.15) is 0 Å². The van der Waals surface area contributed by atoms with Crippen molar-refractivity contribution >= 4 is 54.4 Å². The first-order valence-electron chi connectivity index (χ1n) is 19.9. The molecule has 0 N–H and O–H groups in total. The van der Waals surface area contributed by atoms with E-state index >= 15 is 0 Å². The molecule has 0 bridgehead atoms. The van der Waals surface area contributed by atoms with Crippen molar-refractivity contribution in [2.45, 2.75) is 19.3 Å². The van der Waals surface area contributed by atoms with Crippen LogP contribution in [0.3, 0.4) is 0 Å². The second-order valence-electron chi connectivity index (χ2n) is 16.2. The van der Waals surface area contributed by atoms with Gasteiger partial charge in [-0.2, -0.15) is 0 Å². The molecule has 2 heteroatoms. The van der Waals surface area contributed by atoms with E-state index in [0.717, 1.165) is 11.4 Å². The third kappa shape index (κ3) is 4.65. The van der Waals surface area contributed by atoms with Crippen molar-refractivity contribution in [3.63, 3.8) is 0 Å². The van der Waals surface area contributed by atoms with Crippen LogP contribution >= 0.6 is 0 Å². The van der Waals surface area contributed by atoms with Gasteiger partial charge >= 0.3 is 0 Å². The quantitative estimate of drug-likeness (QED) is 0.171. The molecule has 2 aromatic heterocycles. The molecule has 0 unspecified atom stereocenters. The lowest BCUT2D eigenvalue weighted by atomic mass is 9.82. The summed E-state index contributed by atoms with van der Waals surface area (Å²) in [5.41, 5.74) is 17.3. The fourth-order valence-corrected chi connectivity index (χ4v) is 9.97. The minimum absolute atomic E-state index is 0.100. The normalized spacial score (nSPS) is 13.2. The summed E-state index contributed by atoms with van der Waals surface area (Å²) in [6, 6.07) is 72.0. The zero-order chi connectivity index (χ0) is 37.8. The van der Waals surface area contributed by atoms with Gasteiger partial charge in [0.15, 0.2) is 0 Å². The van der Waals surface area contributed by atoms with Crippen molar-refractivity contribution in [3.05, 3.63) is 205 Å². The number of fused-ring (bicyclic) bond motifs is 11. The first kappa shape index (κ1) is 32.1. The molecule has 1 aliphatic rings. The van der Waals surface area contributed by atoms with E-state index < -0.39 is 0 Å². The molecule has 2 nitrogen and oxygen atoms in total. The highest BCUT2D eigenvalue weighted by Gasteiger charge is 2.36. The van der Waals surface area contributed by atoms with Gasteiger partial charge < -0.3 is 9.13 Å². The second-order valence-corrected chi connectivity index (χ2v) is 16.2. The Morgan fingerprint density at radius 1 is 0.333 bits per heavy atom. The topological polar surface area (TPSA) is 9.86 Å². The smallest absolute Gasteiger partial charge is 0.0547 e. The lowest BCUT2D eigenvalue weighted by Gasteiger charge is -2.22. The molecule has 0 radical (unpaired) electrons. The van der Waals surface area contributed by atoms with Gasteiger partial charge in [-0.15, -0.1) is 0 Å². The second kappa shape index (κ2) is 11.9. The van der Waals surface area contributed by atoms with Gasteiger partial charge in [0.25, 0.3) is 0 Å². The monoisotopic (exact) mass is 726 g/mol. The van der Waals surface area contributed by atoms with E-state index in [1.54, 1.807) is 0 Å². The molecule has 1 aliphatic carbocycles. The minimum atomic E-state index is -0.100. The number of nitrogens with zero attached hydrogens (tertiary/aromatic N) is 2. The molecule has 11 aromatic rings. The van der Waals surface area contributed by atoms with E-state index in [0.29, 0.717) is 0 Å². The molecular weight excluding hydrogens is 689 g/mol. The van der Waals surface area contributed by atoms with Crippen molar-refractivity contribution < 1.29 is 0 Å². The van der Waals surface area contributed by atoms with Crippen molar-refractivity contribution in [1.29, 1.82) is 0 Å². The molecule has 0 amide bonds. The van der Waals surface area contributed by atoms with E-state index in [2.05, 4.69) is 217 Å². The van der Waals surface area contributed by atoms with Gasteiger partial charge in [0.2, 0.25) is 0 Å². The van der Waals surface area contributed by atoms with E-state index in [1.807, 2.05) is 0 Å². The molecule has 0 saturated heterocycles. The van der Waals surface area contributed by atoms with E-state index in [-0.39, 0.29) is 5.41 Å². The maximum absolute atomic E-state index is 2.51. The summed E-state index contributed by atoms with van der Waals surface area (Å²) in [7, 11) is 0. The average Bonchev–Trinajstić information content (AvgIpc) is 3.86. The van der Waals surface area contributed by atoms with Gasteiger partial charge in [-0.3, -0.25) is 0 Å². The van der Waals surface area contributed by atoms with Crippen molar-refractivity contribution in [3.8, 4) is 44.8 Å². The van der Waals surface area contributed by atoms with Gasteiger partial charge in [-0.1, -0.05) is 141 Å².